The van der Waals surface area contributed by atoms with Gasteiger partial charge in [-0.25, -0.2) is 9.78 Å². The van der Waals surface area contributed by atoms with Gasteiger partial charge in [0.1, 0.15) is 0 Å². The number of anilines is 2. The number of benzene rings is 2. The van der Waals surface area contributed by atoms with Crippen molar-refractivity contribution in [1.29, 1.82) is 0 Å². The highest BCUT2D eigenvalue weighted by Crippen LogP contribution is 2.31. The number of rotatable bonds is 8. The Morgan fingerprint density at radius 3 is 2.47 bits per heavy atom. The monoisotopic (exact) mass is 477 g/mol. The van der Waals surface area contributed by atoms with E-state index in [4.69, 9.17) is 4.74 Å². The van der Waals surface area contributed by atoms with Gasteiger partial charge < -0.3 is 9.64 Å². The van der Waals surface area contributed by atoms with Crippen molar-refractivity contribution in [2.75, 3.05) is 29.5 Å². The molecule has 8 heteroatoms. The average molecular weight is 478 g/mol. The van der Waals surface area contributed by atoms with E-state index in [9.17, 15) is 14.4 Å². The average Bonchev–Trinajstić information content (AvgIpc) is 3.43. The third-order valence-electron chi connectivity index (χ3n) is 5.76. The first-order valence-electron chi connectivity index (χ1n) is 11.3. The van der Waals surface area contributed by atoms with Crippen molar-refractivity contribution in [3.8, 4) is 0 Å². The van der Waals surface area contributed by atoms with Gasteiger partial charge in [-0.05, 0) is 38.0 Å². The number of thiazole rings is 1. The lowest BCUT2D eigenvalue weighted by Crippen LogP contribution is -2.39. The fourth-order valence-corrected chi connectivity index (χ4v) is 4.95. The molecular formula is C26H27N3O4S. The van der Waals surface area contributed by atoms with E-state index < -0.39 is 11.9 Å². The molecule has 0 saturated carbocycles. The molecule has 0 N–H and O–H groups in total. The maximum atomic E-state index is 13.7. The smallest absolute Gasteiger partial charge is 0.358 e. The number of aromatic nitrogens is 1. The number of para-hydroxylation sites is 1. The summed E-state index contributed by atoms with van der Waals surface area (Å²) in [6.45, 7) is 4.50. The van der Waals surface area contributed by atoms with Gasteiger partial charge in [-0.1, -0.05) is 48.5 Å². The molecule has 1 aromatic heterocycles. The minimum Gasteiger partial charge on any atom is -0.461 e. The highest BCUT2D eigenvalue weighted by Gasteiger charge is 2.38. The quantitative estimate of drug-likeness (QED) is 0.453. The van der Waals surface area contributed by atoms with Crippen LogP contribution < -0.4 is 9.80 Å². The zero-order valence-corrected chi connectivity index (χ0v) is 20.1. The summed E-state index contributed by atoms with van der Waals surface area (Å²) in [5, 5.41) is 0.451. The molecule has 1 saturated heterocycles. The summed E-state index contributed by atoms with van der Waals surface area (Å²) in [5.74, 6) is -1.22. The molecule has 0 spiro atoms. The lowest BCUT2D eigenvalue weighted by molar-refractivity contribution is -0.124. The van der Waals surface area contributed by atoms with Crippen molar-refractivity contribution < 1.29 is 19.1 Å². The first kappa shape index (κ1) is 23.6. The second kappa shape index (κ2) is 10.6. The van der Waals surface area contributed by atoms with Gasteiger partial charge in [-0.3, -0.25) is 14.5 Å². The van der Waals surface area contributed by atoms with Crippen molar-refractivity contribution in [1.82, 2.24) is 4.98 Å². The first-order valence-corrected chi connectivity index (χ1v) is 12.1. The number of carbonyl (C=O) groups excluding carboxylic acids is 3. The Morgan fingerprint density at radius 1 is 1.12 bits per heavy atom. The lowest BCUT2D eigenvalue weighted by atomic mass is 10.1. The standard InChI is InChI=1S/C26H27N3O4S/c1-3-33-25(32)23-18(2)34-26(27-23)28(15-14-19-10-6-4-7-11-19)24(31)20-16-22(30)29(17-20)21-12-8-5-9-13-21/h4-13,20H,3,14-17H2,1-2H3. The highest BCUT2D eigenvalue weighted by molar-refractivity contribution is 7.16. The second-order valence-corrected chi connectivity index (χ2v) is 9.27. The van der Waals surface area contributed by atoms with Crippen molar-refractivity contribution in [3.63, 3.8) is 0 Å². The van der Waals surface area contributed by atoms with Crippen LogP contribution in [0, 0.1) is 12.8 Å². The minimum absolute atomic E-state index is 0.0740. The maximum absolute atomic E-state index is 13.7. The molecule has 4 rings (SSSR count). The number of ether oxygens (including phenoxy) is 1. The topological polar surface area (TPSA) is 79.8 Å². The first-order chi connectivity index (χ1) is 16.5. The van der Waals surface area contributed by atoms with Crippen LogP contribution in [0.15, 0.2) is 60.7 Å². The molecule has 0 bridgehead atoms. The van der Waals surface area contributed by atoms with E-state index in [-0.39, 0.29) is 30.5 Å². The van der Waals surface area contributed by atoms with Crippen LogP contribution in [0.1, 0.15) is 34.3 Å². The SMILES string of the molecule is CCOC(=O)c1nc(N(CCc2ccccc2)C(=O)C2CC(=O)N(c3ccccc3)C2)sc1C. The Hall–Kier alpha value is -3.52. The Kier molecular flexibility index (Phi) is 7.37. The second-order valence-electron chi connectivity index (χ2n) is 8.09. The Labute approximate surface area is 203 Å². The summed E-state index contributed by atoms with van der Waals surface area (Å²) in [7, 11) is 0. The summed E-state index contributed by atoms with van der Waals surface area (Å²) in [5.41, 5.74) is 2.11. The Balaban J connectivity index is 1.59. The van der Waals surface area contributed by atoms with Gasteiger partial charge in [0, 0.05) is 30.1 Å². The van der Waals surface area contributed by atoms with Gasteiger partial charge in [-0.15, -0.1) is 11.3 Å². The van der Waals surface area contributed by atoms with Crippen molar-refractivity contribution in [2.45, 2.75) is 26.7 Å². The molecule has 1 unspecified atom stereocenters. The van der Waals surface area contributed by atoms with Gasteiger partial charge in [0.15, 0.2) is 10.8 Å². The molecule has 1 atom stereocenters. The molecule has 2 amide bonds. The third kappa shape index (κ3) is 5.17. The Bertz CT molecular complexity index is 1160. The van der Waals surface area contributed by atoms with Crippen molar-refractivity contribution in [3.05, 3.63) is 76.8 Å². The summed E-state index contributed by atoms with van der Waals surface area (Å²) in [6, 6.07) is 19.3. The van der Waals surface area contributed by atoms with E-state index >= 15 is 0 Å². The predicted molar refractivity (Wildman–Crippen MR) is 132 cm³/mol. The number of hydrogen-bond acceptors (Lipinski definition) is 6. The van der Waals surface area contributed by atoms with E-state index in [0.717, 1.165) is 11.3 Å². The van der Waals surface area contributed by atoms with Crippen LogP contribution in [0.3, 0.4) is 0 Å². The summed E-state index contributed by atoms with van der Waals surface area (Å²) in [4.78, 5) is 47.2. The van der Waals surface area contributed by atoms with Crippen molar-refractivity contribution >= 4 is 39.9 Å². The maximum Gasteiger partial charge on any atom is 0.358 e. The van der Waals surface area contributed by atoms with E-state index in [1.165, 1.54) is 11.3 Å². The van der Waals surface area contributed by atoms with Crippen LogP contribution >= 0.6 is 11.3 Å². The molecule has 7 nitrogen and oxygen atoms in total. The van der Waals surface area contributed by atoms with Gasteiger partial charge in [-0.2, -0.15) is 0 Å². The molecule has 2 heterocycles. The summed E-state index contributed by atoms with van der Waals surface area (Å²) in [6.07, 6.45) is 0.771. The van der Waals surface area contributed by atoms with Crippen LogP contribution in [0.5, 0.6) is 0 Å². The van der Waals surface area contributed by atoms with Gasteiger partial charge in [0.25, 0.3) is 0 Å². The molecule has 3 aromatic rings. The molecule has 2 aromatic carbocycles. The van der Waals surface area contributed by atoms with Crippen LogP contribution in [0.25, 0.3) is 0 Å². The lowest BCUT2D eigenvalue weighted by Gasteiger charge is -2.23. The number of amides is 2. The molecule has 1 fully saturated rings. The van der Waals surface area contributed by atoms with Crippen LogP contribution in [-0.2, 0) is 20.7 Å². The normalized spacial score (nSPS) is 15.4. The molecule has 1 aliphatic heterocycles. The number of nitrogens with zero attached hydrogens (tertiary/aromatic N) is 3. The van der Waals surface area contributed by atoms with Gasteiger partial charge >= 0.3 is 5.97 Å². The zero-order valence-electron chi connectivity index (χ0n) is 19.3. The van der Waals surface area contributed by atoms with Crippen LogP contribution in [0.2, 0.25) is 0 Å². The number of esters is 1. The van der Waals surface area contributed by atoms with Crippen molar-refractivity contribution in [2.24, 2.45) is 5.92 Å². The van der Waals surface area contributed by atoms with Gasteiger partial charge in [0.2, 0.25) is 11.8 Å². The fraction of sp³-hybridized carbons (Fsp3) is 0.308. The van der Waals surface area contributed by atoms with E-state index in [1.54, 1.807) is 23.6 Å². The number of hydrogen-bond donors (Lipinski definition) is 0. The highest BCUT2D eigenvalue weighted by atomic mass is 32.1. The predicted octanol–water partition coefficient (Wildman–Crippen LogP) is 4.26. The van der Waals surface area contributed by atoms with E-state index in [2.05, 4.69) is 4.98 Å². The fourth-order valence-electron chi connectivity index (χ4n) is 4.02. The molecule has 0 radical (unpaired) electrons. The largest absolute Gasteiger partial charge is 0.461 e. The zero-order chi connectivity index (χ0) is 24.1. The van der Waals surface area contributed by atoms with Crippen LogP contribution in [0.4, 0.5) is 10.8 Å². The summed E-state index contributed by atoms with van der Waals surface area (Å²) < 4.78 is 5.12. The third-order valence-corrected chi connectivity index (χ3v) is 6.75. The van der Waals surface area contributed by atoms with Gasteiger partial charge in [0.05, 0.1) is 12.5 Å². The minimum atomic E-state index is -0.496. The van der Waals surface area contributed by atoms with E-state index in [1.807, 2.05) is 60.7 Å². The molecule has 1 aliphatic rings. The molecule has 0 aliphatic carbocycles. The molecule has 34 heavy (non-hydrogen) atoms. The number of aryl methyl sites for hydroxylation is 1. The number of carbonyl (C=O) groups is 3. The molecule has 176 valence electrons. The summed E-state index contributed by atoms with van der Waals surface area (Å²) >= 11 is 1.29. The van der Waals surface area contributed by atoms with Crippen LogP contribution in [-0.4, -0.2) is 42.5 Å². The Morgan fingerprint density at radius 2 is 1.79 bits per heavy atom. The van der Waals surface area contributed by atoms with E-state index in [0.29, 0.717) is 29.5 Å². The molecular weight excluding hydrogens is 450 g/mol.